The maximum Gasteiger partial charge on any atom is 0.417 e. The van der Waals surface area contributed by atoms with Crippen molar-refractivity contribution in [2.24, 2.45) is 0 Å². The van der Waals surface area contributed by atoms with E-state index in [1.54, 1.807) is 24.3 Å². The molecule has 2 aromatic carbocycles. The van der Waals surface area contributed by atoms with Gasteiger partial charge >= 0.3 is 6.18 Å². The van der Waals surface area contributed by atoms with Crippen molar-refractivity contribution in [1.82, 2.24) is 14.9 Å². The van der Waals surface area contributed by atoms with Gasteiger partial charge in [-0.25, -0.2) is 4.98 Å². The van der Waals surface area contributed by atoms with Crippen LogP contribution in [0.2, 0.25) is 5.02 Å². The first-order chi connectivity index (χ1) is 13.6. The number of amides is 2. The highest BCUT2D eigenvalue weighted by Crippen LogP contribution is 2.36. The number of aromatic nitrogens is 2. The normalized spacial score (nSPS) is 11.3. The van der Waals surface area contributed by atoms with Crippen LogP contribution < -0.4 is 5.32 Å². The van der Waals surface area contributed by atoms with Crippen molar-refractivity contribution in [2.45, 2.75) is 6.18 Å². The van der Waals surface area contributed by atoms with E-state index in [9.17, 15) is 22.8 Å². The summed E-state index contributed by atoms with van der Waals surface area (Å²) in [5.41, 5.74) is 0.0421. The Balaban J connectivity index is 1.69. The van der Waals surface area contributed by atoms with Crippen molar-refractivity contribution >= 4 is 40.1 Å². The molecule has 0 aliphatic rings. The maximum absolute atomic E-state index is 12.9. The first kappa shape index (κ1) is 20.5. The minimum absolute atomic E-state index is 0.0462. The van der Waals surface area contributed by atoms with Crippen LogP contribution in [0.25, 0.3) is 11.0 Å². The second-order valence-corrected chi connectivity index (χ2v) is 6.55. The summed E-state index contributed by atoms with van der Waals surface area (Å²) in [5, 5.41) is 1.85. The van der Waals surface area contributed by atoms with E-state index in [0.29, 0.717) is 11.0 Å². The molecular weight excluding hydrogens is 409 g/mol. The molecule has 3 aromatic rings. The van der Waals surface area contributed by atoms with E-state index in [0.717, 1.165) is 17.0 Å². The van der Waals surface area contributed by atoms with Gasteiger partial charge in [-0.1, -0.05) is 23.7 Å². The highest BCUT2D eigenvalue weighted by Gasteiger charge is 2.33. The molecule has 0 bridgehead atoms. The van der Waals surface area contributed by atoms with Gasteiger partial charge in [0.15, 0.2) is 0 Å². The zero-order valence-electron chi connectivity index (χ0n) is 15.0. The fourth-order valence-corrected chi connectivity index (χ4v) is 2.79. The van der Waals surface area contributed by atoms with Gasteiger partial charge in [0.2, 0.25) is 5.91 Å². The van der Waals surface area contributed by atoms with E-state index in [1.165, 1.54) is 19.3 Å². The van der Waals surface area contributed by atoms with Gasteiger partial charge in [0.05, 0.1) is 34.4 Å². The van der Waals surface area contributed by atoms with Gasteiger partial charge in [0, 0.05) is 12.7 Å². The van der Waals surface area contributed by atoms with Gasteiger partial charge in [0.1, 0.15) is 5.69 Å². The van der Waals surface area contributed by atoms with Crippen molar-refractivity contribution in [3.8, 4) is 0 Å². The highest BCUT2D eigenvalue weighted by atomic mass is 35.5. The predicted octanol–water partition coefficient (Wildman–Crippen LogP) is 4.01. The van der Waals surface area contributed by atoms with Gasteiger partial charge in [0.25, 0.3) is 5.91 Å². The Morgan fingerprint density at radius 1 is 1.14 bits per heavy atom. The lowest BCUT2D eigenvalue weighted by atomic mass is 10.2. The molecule has 0 fully saturated rings. The lowest BCUT2D eigenvalue weighted by Crippen LogP contribution is -2.35. The molecule has 29 heavy (non-hydrogen) atoms. The van der Waals surface area contributed by atoms with Crippen molar-refractivity contribution in [3.63, 3.8) is 0 Å². The Labute approximate surface area is 168 Å². The lowest BCUT2D eigenvalue weighted by molar-refractivity contribution is -0.137. The van der Waals surface area contributed by atoms with Crippen LogP contribution in [-0.2, 0) is 11.0 Å². The average molecular weight is 423 g/mol. The molecule has 1 aromatic heterocycles. The number of nitrogens with one attached hydrogen (secondary N) is 1. The number of anilines is 1. The van der Waals surface area contributed by atoms with Crippen LogP contribution in [0.3, 0.4) is 0 Å². The Bertz CT molecular complexity index is 1090. The molecule has 0 spiro atoms. The third-order valence-corrected chi connectivity index (χ3v) is 4.28. The quantitative estimate of drug-likeness (QED) is 0.689. The Morgan fingerprint density at radius 3 is 2.52 bits per heavy atom. The van der Waals surface area contributed by atoms with Crippen molar-refractivity contribution in [1.29, 1.82) is 0 Å². The molecule has 0 aliphatic heterocycles. The van der Waals surface area contributed by atoms with Gasteiger partial charge in [-0.2, -0.15) is 13.2 Å². The SMILES string of the molecule is CN(CC(=O)Nc1ccc(Cl)c(C(F)(F)F)c1)C(=O)c1cnc2ccccc2n1. The van der Waals surface area contributed by atoms with Gasteiger partial charge in [-0.3, -0.25) is 14.6 Å². The molecular formula is C19H14ClF3N4O2. The number of para-hydroxylation sites is 2. The van der Waals surface area contributed by atoms with Crippen LogP contribution in [0.1, 0.15) is 16.1 Å². The number of hydrogen-bond donors (Lipinski definition) is 1. The molecule has 1 heterocycles. The summed E-state index contributed by atoms with van der Waals surface area (Å²) in [5.74, 6) is -1.23. The largest absolute Gasteiger partial charge is 0.417 e. The number of carbonyl (C=O) groups excluding carboxylic acids is 2. The zero-order valence-corrected chi connectivity index (χ0v) is 15.8. The zero-order chi connectivity index (χ0) is 21.2. The molecule has 1 N–H and O–H groups in total. The molecule has 0 atom stereocenters. The molecule has 150 valence electrons. The standard InChI is InChI=1S/C19H14ClF3N4O2/c1-27(18(29)16-9-24-14-4-2-3-5-15(14)26-16)10-17(28)25-11-6-7-13(20)12(8-11)19(21,22)23/h2-9H,10H2,1H3,(H,25,28). The van der Waals surface area contributed by atoms with Crippen LogP contribution in [-0.4, -0.2) is 40.3 Å². The van der Waals surface area contributed by atoms with Gasteiger partial charge in [-0.15, -0.1) is 0 Å². The van der Waals surface area contributed by atoms with E-state index in [4.69, 9.17) is 11.6 Å². The van der Waals surface area contributed by atoms with Crippen molar-refractivity contribution < 1.29 is 22.8 Å². The molecule has 0 unspecified atom stereocenters. The van der Waals surface area contributed by atoms with E-state index in [2.05, 4.69) is 15.3 Å². The predicted molar refractivity (Wildman–Crippen MR) is 102 cm³/mol. The van der Waals surface area contributed by atoms with Crippen LogP contribution in [0.15, 0.2) is 48.7 Å². The summed E-state index contributed by atoms with van der Waals surface area (Å²) in [4.78, 5) is 34.1. The first-order valence-electron chi connectivity index (χ1n) is 8.29. The minimum atomic E-state index is -4.65. The van der Waals surface area contributed by atoms with Crippen LogP contribution in [0, 0.1) is 0 Å². The van der Waals surface area contributed by atoms with Crippen LogP contribution in [0.5, 0.6) is 0 Å². The number of nitrogens with zero attached hydrogens (tertiary/aromatic N) is 3. The molecule has 3 rings (SSSR count). The Kier molecular flexibility index (Phi) is 5.69. The molecule has 0 saturated carbocycles. The van der Waals surface area contributed by atoms with E-state index in [1.807, 2.05) is 0 Å². The smallest absolute Gasteiger partial charge is 0.331 e. The van der Waals surface area contributed by atoms with E-state index >= 15 is 0 Å². The lowest BCUT2D eigenvalue weighted by Gasteiger charge is -2.17. The number of benzene rings is 2. The highest BCUT2D eigenvalue weighted by molar-refractivity contribution is 6.31. The summed E-state index contributed by atoms with van der Waals surface area (Å²) in [6.45, 7) is -0.392. The fraction of sp³-hybridized carbons (Fsp3) is 0.158. The average Bonchev–Trinajstić information content (AvgIpc) is 2.67. The first-order valence-corrected chi connectivity index (χ1v) is 8.67. The molecule has 6 nitrogen and oxygen atoms in total. The summed E-state index contributed by atoms with van der Waals surface area (Å²) >= 11 is 5.55. The third-order valence-electron chi connectivity index (χ3n) is 3.95. The summed E-state index contributed by atoms with van der Waals surface area (Å²) in [6.07, 6.45) is -3.35. The summed E-state index contributed by atoms with van der Waals surface area (Å²) in [7, 11) is 1.38. The summed E-state index contributed by atoms with van der Waals surface area (Å²) < 4.78 is 38.8. The van der Waals surface area contributed by atoms with Crippen LogP contribution in [0.4, 0.5) is 18.9 Å². The number of alkyl halides is 3. The van der Waals surface area contributed by atoms with Crippen LogP contribution >= 0.6 is 11.6 Å². The molecule has 10 heteroatoms. The molecule has 2 amide bonds. The van der Waals surface area contributed by atoms with Crippen molar-refractivity contribution in [3.05, 3.63) is 64.9 Å². The number of hydrogen-bond acceptors (Lipinski definition) is 4. The van der Waals surface area contributed by atoms with Gasteiger partial charge < -0.3 is 10.2 Å². The molecule has 0 radical (unpaired) electrons. The maximum atomic E-state index is 12.9. The number of rotatable bonds is 4. The van der Waals surface area contributed by atoms with Crippen molar-refractivity contribution in [2.75, 3.05) is 18.9 Å². The second-order valence-electron chi connectivity index (χ2n) is 6.15. The number of halogens is 4. The molecule has 0 aliphatic carbocycles. The number of fused-ring (bicyclic) bond motifs is 1. The second kappa shape index (κ2) is 8.04. The topological polar surface area (TPSA) is 75.2 Å². The Morgan fingerprint density at radius 2 is 1.83 bits per heavy atom. The van der Waals surface area contributed by atoms with E-state index < -0.39 is 35.1 Å². The van der Waals surface area contributed by atoms with Gasteiger partial charge in [-0.05, 0) is 30.3 Å². The number of carbonyl (C=O) groups is 2. The minimum Gasteiger partial charge on any atom is -0.331 e. The fourth-order valence-electron chi connectivity index (χ4n) is 2.56. The monoisotopic (exact) mass is 422 g/mol. The van der Waals surface area contributed by atoms with E-state index in [-0.39, 0.29) is 11.4 Å². The number of likely N-dealkylation sites (N-methyl/N-ethyl adjacent to an activating group) is 1. The Hall–Kier alpha value is -3.20. The summed E-state index contributed by atoms with van der Waals surface area (Å²) in [6, 6.07) is 10.0. The molecule has 0 saturated heterocycles. The third kappa shape index (κ3) is 4.80.